The molecule has 0 amide bonds. The number of hydrogen-bond donors (Lipinski definition) is 0. The van der Waals surface area contributed by atoms with E-state index in [-0.39, 0.29) is 11.4 Å². The van der Waals surface area contributed by atoms with Crippen molar-refractivity contribution >= 4 is 27.4 Å². The molecular weight excluding hydrogens is 220 g/mol. The van der Waals surface area contributed by atoms with Crippen LogP contribution in [-0.4, -0.2) is 13.1 Å². The van der Waals surface area contributed by atoms with E-state index in [0.717, 1.165) is 18.4 Å². The number of thiophene rings is 1. The maximum absolute atomic E-state index is 11.8. The third kappa shape index (κ3) is 1.21. The Balaban J connectivity index is 2.16. The van der Waals surface area contributed by atoms with Crippen molar-refractivity contribution in [3.63, 3.8) is 0 Å². The molecule has 1 aromatic heterocycles. The molecule has 1 saturated carbocycles. The van der Waals surface area contributed by atoms with Crippen LogP contribution in [0.4, 0.5) is 0 Å². The molecule has 0 bridgehead atoms. The number of benzene rings is 1. The number of hydrogen-bond acceptors (Lipinski definition) is 3. The smallest absolute Gasteiger partial charge is 0.316 e. The van der Waals surface area contributed by atoms with Gasteiger partial charge in [-0.3, -0.25) is 4.79 Å². The van der Waals surface area contributed by atoms with E-state index in [1.165, 1.54) is 17.2 Å². The van der Waals surface area contributed by atoms with Gasteiger partial charge in [0.2, 0.25) is 0 Å². The predicted molar refractivity (Wildman–Crippen MR) is 64.8 cm³/mol. The average Bonchev–Trinajstić information content (AvgIpc) is 3.02. The third-order valence-electron chi connectivity index (χ3n) is 3.32. The molecule has 1 fully saturated rings. The molecule has 0 saturated heterocycles. The van der Waals surface area contributed by atoms with E-state index in [1.807, 2.05) is 12.1 Å². The van der Waals surface area contributed by atoms with Gasteiger partial charge in [-0.2, -0.15) is 0 Å². The molecule has 0 spiro atoms. The van der Waals surface area contributed by atoms with Crippen molar-refractivity contribution in [1.82, 2.24) is 0 Å². The molecule has 16 heavy (non-hydrogen) atoms. The Labute approximate surface area is 97.8 Å². The summed E-state index contributed by atoms with van der Waals surface area (Å²) in [5.74, 6) is -0.0870. The zero-order valence-corrected chi connectivity index (χ0v) is 9.84. The molecule has 0 atom stereocenters. The summed E-state index contributed by atoms with van der Waals surface area (Å²) in [4.78, 5) is 11.8. The van der Waals surface area contributed by atoms with Gasteiger partial charge >= 0.3 is 5.97 Å². The normalized spacial score (nSPS) is 17.3. The van der Waals surface area contributed by atoms with Gasteiger partial charge in [-0.25, -0.2) is 0 Å². The minimum absolute atomic E-state index is 0.0870. The maximum Gasteiger partial charge on any atom is 0.316 e. The highest BCUT2D eigenvalue weighted by Gasteiger charge is 2.53. The first kappa shape index (κ1) is 9.85. The molecule has 2 nitrogen and oxygen atoms in total. The lowest BCUT2D eigenvalue weighted by molar-refractivity contribution is -0.143. The van der Waals surface area contributed by atoms with Crippen LogP contribution in [0.15, 0.2) is 29.6 Å². The second kappa shape index (κ2) is 3.32. The standard InChI is InChI=1S/C13H12O2S/c1-15-12(14)13(6-7-13)10-8-16-11-5-3-2-4-9(10)11/h2-5,8H,6-7H2,1H3. The first-order chi connectivity index (χ1) is 7.78. The molecule has 3 heteroatoms. The van der Waals surface area contributed by atoms with Gasteiger partial charge in [0.25, 0.3) is 0 Å². The van der Waals surface area contributed by atoms with Crippen LogP contribution in [0, 0.1) is 0 Å². The molecule has 82 valence electrons. The molecular formula is C13H12O2S. The molecule has 0 N–H and O–H groups in total. The number of esters is 1. The summed E-state index contributed by atoms with van der Waals surface area (Å²) >= 11 is 1.70. The van der Waals surface area contributed by atoms with E-state index in [4.69, 9.17) is 4.74 Å². The lowest BCUT2D eigenvalue weighted by atomic mass is 9.96. The highest BCUT2D eigenvalue weighted by atomic mass is 32.1. The molecule has 1 aliphatic carbocycles. The lowest BCUT2D eigenvalue weighted by Gasteiger charge is -2.11. The minimum atomic E-state index is -0.339. The Morgan fingerprint density at radius 3 is 2.81 bits per heavy atom. The van der Waals surface area contributed by atoms with E-state index in [2.05, 4.69) is 17.5 Å². The van der Waals surface area contributed by atoms with Crippen LogP contribution in [0.5, 0.6) is 0 Å². The second-order valence-electron chi connectivity index (χ2n) is 4.22. The molecule has 1 aromatic carbocycles. The highest BCUT2D eigenvalue weighted by molar-refractivity contribution is 7.17. The molecule has 0 aliphatic heterocycles. The number of ether oxygens (including phenoxy) is 1. The highest BCUT2D eigenvalue weighted by Crippen LogP contribution is 2.52. The Morgan fingerprint density at radius 2 is 2.12 bits per heavy atom. The summed E-state index contributed by atoms with van der Waals surface area (Å²) in [5, 5.41) is 3.31. The predicted octanol–water partition coefficient (Wildman–Crippen LogP) is 3.11. The summed E-state index contributed by atoms with van der Waals surface area (Å²) in [7, 11) is 1.47. The Kier molecular flexibility index (Phi) is 2.04. The number of rotatable bonds is 2. The van der Waals surface area contributed by atoms with E-state index in [1.54, 1.807) is 11.3 Å². The monoisotopic (exact) mass is 232 g/mol. The van der Waals surface area contributed by atoms with Crippen LogP contribution in [0.3, 0.4) is 0 Å². The average molecular weight is 232 g/mol. The van der Waals surface area contributed by atoms with Gasteiger partial charge in [0.1, 0.15) is 0 Å². The number of methoxy groups -OCH3 is 1. The molecule has 3 rings (SSSR count). The fourth-order valence-electron chi connectivity index (χ4n) is 2.25. The van der Waals surface area contributed by atoms with Gasteiger partial charge in [0, 0.05) is 4.70 Å². The van der Waals surface area contributed by atoms with E-state index < -0.39 is 0 Å². The van der Waals surface area contributed by atoms with Crippen molar-refractivity contribution in [1.29, 1.82) is 0 Å². The molecule has 2 aromatic rings. The maximum atomic E-state index is 11.8. The summed E-state index contributed by atoms with van der Waals surface area (Å²) in [6.07, 6.45) is 1.83. The van der Waals surface area contributed by atoms with E-state index in [0.29, 0.717) is 0 Å². The number of carbonyl (C=O) groups excluding carboxylic acids is 1. The molecule has 0 radical (unpaired) electrons. The van der Waals surface area contributed by atoms with Gasteiger partial charge < -0.3 is 4.74 Å². The summed E-state index contributed by atoms with van der Waals surface area (Å²) in [5.41, 5.74) is 0.814. The van der Waals surface area contributed by atoms with Crippen molar-refractivity contribution in [2.24, 2.45) is 0 Å². The van der Waals surface area contributed by atoms with Gasteiger partial charge in [-0.15, -0.1) is 11.3 Å². The van der Waals surface area contributed by atoms with Crippen LogP contribution >= 0.6 is 11.3 Å². The van der Waals surface area contributed by atoms with Crippen molar-refractivity contribution < 1.29 is 9.53 Å². The van der Waals surface area contributed by atoms with Crippen molar-refractivity contribution in [3.8, 4) is 0 Å². The van der Waals surface area contributed by atoms with Crippen molar-refractivity contribution in [2.45, 2.75) is 18.3 Å². The third-order valence-corrected chi connectivity index (χ3v) is 4.29. The quantitative estimate of drug-likeness (QED) is 0.744. The first-order valence-corrected chi connectivity index (χ1v) is 6.21. The zero-order chi connectivity index (χ0) is 11.2. The van der Waals surface area contributed by atoms with Crippen molar-refractivity contribution in [3.05, 3.63) is 35.2 Å². The summed E-state index contributed by atoms with van der Waals surface area (Å²) < 4.78 is 6.16. The fraction of sp³-hybridized carbons (Fsp3) is 0.308. The lowest BCUT2D eigenvalue weighted by Crippen LogP contribution is -2.21. The SMILES string of the molecule is COC(=O)C1(c2csc3ccccc23)CC1. The van der Waals surface area contributed by atoms with Crippen LogP contribution in [0.1, 0.15) is 18.4 Å². The van der Waals surface area contributed by atoms with E-state index >= 15 is 0 Å². The van der Waals surface area contributed by atoms with Crippen LogP contribution in [0.25, 0.3) is 10.1 Å². The Hall–Kier alpha value is -1.35. The van der Waals surface area contributed by atoms with Crippen LogP contribution < -0.4 is 0 Å². The number of carbonyl (C=O) groups is 1. The topological polar surface area (TPSA) is 26.3 Å². The van der Waals surface area contributed by atoms with E-state index in [9.17, 15) is 4.79 Å². The van der Waals surface area contributed by atoms with Crippen LogP contribution in [0.2, 0.25) is 0 Å². The molecule has 1 heterocycles. The fourth-order valence-corrected chi connectivity index (χ4v) is 3.31. The summed E-state index contributed by atoms with van der Waals surface area (Å²) in [6, 6.07) is 8.23. The number of fused-ring (bicyclic) bond motifs is 1. The Morgan fingerprint density at radius 1 is 1.38 bits per heavy atom. The zero-order valence-electron chi connectivity index (χ0n) is 9.03. The van der Waals surface area contributed by atoms with Gasteiger partial charge in [-0.05, 0) is 35.2 Å². The van der Waals surface area contributed by atoms with Crippen LogP contribution in [-0.2, 0) is 14.9 Å². The largest absolute Gasteiger partial charge is 0.468 e. The first-order valence-electron chi connectivity index (χ1n) is 5.33. The van der Waals surface area contributed by atoms with Crippen molar-refractivity contribution in [2.75, 3.05) is 7.11 Å². The van der Waals surface area contributed by atoms with Gasteiger partial charge in [0.05, 0.1) is 12.5 Å². The molecule has 1 aliphatic rings. The van der Waals surface area contributed by atoms with Gasteiger partial charge in [-0.1, -0.05) is 18.2 Å². The summed E-state index contributed by atoms with van der Waals surface area (Å²) in [6.45, 7) is 0. The Bertz CT molecular complexity index is 552. The minimum Gasteiger partial charge on any atom is -0.468 e. The molecule has 0 unspecified atom stereocenters. The second-order valence-corrected chi connectivity index (χ2v) is 5.13. The van der Waals surface area contributed by atoms with Gasteiger partial charge in [0.15, 0.2) is 0 Å².